The lowest BCUT2D eigenvalue weighted by Crippen LogP contribution is -2.31. The summed E-state index contributed by atoms with van der Waals surface area (Å²) in [4.78, 5) is 25.7. The monoisotopic (exact) mass is 577 g/mol. The number of carboxylic acid groups (broad SMARTS) is 1. The third-order valence-electron chi connectivity index (χ3n) is 7.47. The molecule has 1 heterocycles. The Morgan fingerprint density at radius 2 is 1.57 bits per heavy atom. The van der Waals surface area contributed by atoms with E-state index in [1.807, 2.05) is 25.1 Å². The number of carbonyl (C=O) groups excluding carboxylic acids is 1. The fourth-order valence-corrected chi connectivity index (χ4v) is 5.33. The molecule has 0 unspecified atom stereocenters. The van der Waals surface area contributed by atoms with Gasteiger partial charge < -0.3 is 9.84 Å². The Balaban J connectivity index is 1.47. The van der Waals surface area contributed by atoms with Crippen LogP contribution in [0, 0.1) is 19.7 Å². The average molecular weight is 578 g/mol. The summed E-state index contributed by atoms with van der Waals surface area (Å²) in [7, 11) is 0. The van der Waals surface area contributed by atoms with Crippen LogP contribution in [-0.2, 0) is 17.5 Å². The van der Waals surface area contributed by atoms with Crippen LogP contribution in [0.5, 0.6) is 0 Å². The molecule has 1 saturated heterocycles. The minimum Gasteiger partial charge on any atom is -0.478 e. The van der Waals surface area contributed by atoms with Crippen LogP contribution in [0.25, 0.3) is 22.3 Å². The first-order valence-corrected chi connectivity index (χ1v) is 13.2. The van der Waals surface area contributed by atoms with E-state index >= 15 is 0 Å². The molecule has 1 N–H and O–H groups in total. The van der Waals surface area contributed by atoms with Crippen LogP contribution in [0.3, 0.4) is 0 Å². The van der Waals surface area contributed by atoms with E-state index < -0.39 is 41.8 Å². The second kappa shape index (κ2) is 11.0. The SMILES string of the molecule is Cc1cc([C@H]2OC(=O)N(Cc3cc(C)ccc3-c3ccc(F)c(-c4ccc(C(=O)O)cc4)c3)[C@H]2C)cc(C(F)(F)F)c1. The second-order valence-electron chi connectivity index (χ2n) is 10.5. The van der Waals surface area contributed by atoms with E-state index in [-0.39, 0.29) is 23.2 Å². The molecule has 5 nitrogen and oxygen atoms in total. The van der Waals surface area contributed by atoms with Crippen molar-refractivity contribution in [1.29, 1.82) is 0 Å². The van der Waals surface area contributed by atoms with Gasteiger partial charge in [-0.15, -0.1) is 0 Å². The maximum atomic E-state index is 14.9. The van der Waals surface area contributed by atoms with Gasteiger partial charge in [-0.3, -0.25) is 4.90 Å². The highest BCUT2D eigenvalue weighted by Crippen LogP contribution is 2.39. The fraction of sp³-hybridized carbons (Fsp3) is 0.212. The molecule has 0 spiro atoms. The van der Waals surface area contributed by atoms with Crippen LogP contribution in [0.15, 0.2) is 78.9 Å². The number of alkyl halides is 3. The highest BCUT2D eigenvalue weighted by Gasteiger charge is 2.41. The number of aryl methyl sites for hydroxylation is 2. The van der Waals surface area contributed by atoms with E-state index in [9.17, 15) is 32.3 Å². The van der Waals surface area contributed by atoms with Gasteiger partial charge in [-0.1, -0.05) is 53.6 Å². The zero-order chi connectivity index (χ0) is 30.3. The lowest BCUT2D eigenvalue weighted by molar-refractivity contribution is -0.137. The Morgan fingerprint density at radius 1 is 0.881 bits per heavy atom. The van der Waals surface area contributed by atoms with Gasteiger partial charge in [0.15, 0.2) is 0 Å². The van der Waals surface area contributed by atoms with Gasteiger partial charge in [0.2, 0.25) is 0 Å². The molecule has 1 aliphatic heterocycles. The number of carboxylic acids is 1. The predicted molar refractivity (Wildman–Crippen MR) is 149 cm³/mol. The fourth-order valence-electron chi connectivity index (χ4n) is 5.33. The van der Waals surface area contributed by atoms with Crippen LogP contribution < -0.4 is 0 Å². The summed E-state index contributed by atoms with van der Waals surface area (Å²) in [5, 5.41) is 9.18. The molecule has 2 atom stereocenters. The van der Waals surface area contributed by atoms with E-state index in [0.717, 1.165) is 28.8 Å². The average Bonchev–Trinajstić information content (AvgIpc) is 3.21. The molecule has 5 rings (SSSR count). The van der Waals surface area contributed by atoms with E-state index in [1.165, 1.54) is 23.1 Å². The molecule has 0 bridgehead atoms. The van der Waals surface area contributed by atoms with E-state index in [2.05, 4.69) is 0 Å². The summed E-state index contributed by atoms with van der Waals surface area (Å²) < 4.78 is 60.9. The summed E-state index contributed by atoms with van der Waals surface area (Å²) >= 11 is 0. The van der Waals surface area contributed by atoms with E-state index in [1.54, 1.807) is 44.2 Å². The molecule has 216 valence electrons. The van der Waals surface area contributed by atoms with Crippen molar-refractivity contribution in [3.63, 3.8) is 0 Å². The molecule has 0 saturated carbocycles. The third kappa shape index (κ3) is 5.72. The number of benzene rings is 4. The van der Waals surface area contributed by atoms with Crippen molar-refractivity contribution >= 4 is 12.1 Å². The summed E-state index contributed by atoms with van der Waals surface area (Å²) in [6, 6.07) is 19.3. The van der Waals surface area contributed by atoms with E-state index in [4.69, 9.17) is 4.74 Å². The van der Waals surface area contributed by atoms with Crippen molar-refractivity contribution in [2.24, 2.45) is 0 Å². The molecule has 1 aliphatic rings. The highest BCUT2D eigenvalue weighted by atomic mass is 19.4. The number of hydrogen-bond acceptors (Lipinski definition) is 3. The minimum atomic E-state index is -4.53. The van der Waals surface area contributed by atoms with Gasteiger partial charge in [0.05, 0.1) is 23.7 Å². The van der Waals surface area contributed by atoms with Crippen molar-refractivity contribution in [3.8, 4) is 22.3 Å². The largest absolute Gasteiger partial charge is 0.478 e. The second-order valence-corrected chi connectivity index (χ2v) is 10.5. The van der Waals surface area contributed by atoms with Crippen LogP contribution in [0.4, 0.5) is 22.4 Å². The first-order chi connectivity index (χ1) is 19.8. The minimum absolute atomic E-state index is 0.0846. The van der Waals surface area contributed by atoms with Crippen molar-refractivity contribution in [2.75, 3.05) is 0 Å². The smallest absolute Gasteiger partial charge is 0.416 e. The Kier molecular flexibility index (Phi) is 7.53. The number of rotatable bonds is 6. The molecule has 42 heavy (non-hydrogen) atoms. The first kappa shape index (κ1) is 28.9. The Bertz CT molecular complexity index is 1680. The molecule has 4 aromatic rings. The van der Waals surface area contributed by atoms with Gasteiger partial charge in [0, 0.05) is 5.56 Å². The zero-order valence-corrected chi connectivity index (χ0v) is 23.0. The van der Waals surface area contributed by atoms with Crippen LogP contribution in [-0.4, -0.2) is 28.1 Å². The molecule has 0 aromatic heterocycles. The third-order valence-corrected chi connectivity index (χ3v) is 7.47. The molecule has 0 aliphatic carbocycles. The van der Waals surface area contributed by atoms with Crippen molar-refractivity contribution < 1.29 is 37.0 Å². The van der Waals surface area contributed by atoms with Gasteiger partial charge in [-0.2, -0.15) is 13.2 Å². The molecule has 4 aromatic carbocycles. The number of halogens is 4. The molecular weight excluding hydrogens is 550 g/mol. The topological polar surface area (TPSA) is 66.8 Å². The number of hydrogen-bond donors (Lipinski definition) is 1. The summed E-state index contributed by atoms with van der Waals surface area (Å²) in [6.45, 7) is 5.31. The van der Waals surface area contributed by atoms with Gasteiger partial charge in [0.1, 0.15) is 11.9 Å². The number of ether oxygens (including phenoxy) is 1. The number of nitrogens with zero attached hydrogens (tertiary/aromatic N) is 1. The Hall–Kier alpha value is -4.66. The number of carbonyl (C=O) groups is 2. The summed E-state index contributed by atoms with van der Waals surface area (Å²) in [6.07, 6.45) is -6.07. The van der Waals surface area contributed by atoms with Gasteiger partial charge in [-0.05, 0) is 85.0 Å². The van der Waals surface area contributed by atoms with Gasteiger partial charge >= 0.3 is 18.2 Å². The number of amides is 1. The van der Waals surface area contributed by atoms with Crippen LogP contribution >= 0.6 is 0 Å². The molecule has 1 fully saturated rings. The van der Waals surface area contributed by atoms with Crippen LogP contribution in [0.1, 0.15) is 51.2 Å². The Labute approximate surface area is 240 Å². The normalized spacial score (nSPS) is 16.9. The van der Waals surface area contributed by atoms with Gasteiger partial charge in [-0.25, -0.2) is 14.0 Å². The number of aromatic carboxylic acids is 1. The highest BCUT2D eigenvalue weighted by molar-refractivity contribution is 5.88. The first-order valence-electron chi connectivity index (χ1n) is 13.2. The maximum absolute atomic E-state index is 14.9. The lowest BCUT2D eigenvalue weighted by Gasteiger charge is -2.23. The van der Waals surface area contributed by atoms with Crippen LogP contribution in [0.2, 0.25) is 0 Å². The predicted octanol–water partition coefficient (Wildman–Crippen LogP) is 8.58. The summed E-state index contributed by atoms with van der Waals surface area (Å²) in [5.41, 5.74) is 3.83. The lowest BCUT2D eigenvalue weighted by atomic mass is 9.93. The van der Waals surface area contributed by atoms with Crippen molar-refractivity contribution in [1.82, 2.24) is 4.90 Å². The van der Waals surface area contributed by atoms with Crippen molar-refractivity contribution in [3.05, 3.63) is 118 Å². The molecular formula is C33H27F4NO4. The quantitative estimate of drug-likeness (QED) is 0.233. The standard InChI is InChI=1S/C33H27F4NO4/c1-18-4-10-27(23-9-11-29(34)28(16-23)21-5-7-22(8-6-21)31(39)40)25(12-18)17-38-20(3)30(42-32(38)41)24-13-19(2)14-26(15-24)33(35,36)37/h4-16,20,30H,17H2,1-3H3,(H,39,40)/t20-,30-/m0/s1. The molecule has 9 heteroatoms. The maximum Gasteiger partial charge on any atom is 0.416 e. The van der Waals surface area contributed by atoms with Crippen molar-refractivity contribution in [2.45, 2.75) is 45.6 Å². The number of cyclic esters (lactones) is 1. The van der Waals surface area contributed by atoms with Gasteiger partial charge in [0.25, 0.3) is 0 Å². The zero-order valence-electron chi connectivity index (χ0n) is 23.0. The summed E-state index contributed by atoms with van der Waals surface area (Å²) in [5.74, 6) is -1.56. The molecule has 0 radical (unpaired) electrons. The molecule has 1 amide bonds. The van der Waals surface area contributed by atoms with E-state index in [0.29, 0.717) is 16.7 Å². The Morgan fingerprint density at radius 3 is 2.24 bits per heavy atom.